The minimum atomic E-state index is 0.316. The first-order chi connectivity index (χ1) is 7.99. The zero-order chi connectivity index (χ0) is 12.6. The molecule has 1 aromatic rings. The monoisotopic (exact) mass is 231 g/mol. The van der Waals surface area contributed by atoms with E-state index in [1.54, 1.807) is 0 Å². The van der Waals surface area contributed by atoms with Gasteiger partial charge in [-0.2, -0.15) is 0 Å². The number of hydrogen-bond acceptors (Lipinski definition) is 1. The minimum absolute atomic E-state index is 0.316. The van der Waals surface area contributed by atoms with Crippen LogP contribution in [0.3, 0.4) is 0 Å². The molecule has 0 spiro atoms. The third-order valence-corrected chi connectivity index (χ3v) is 4.42. The largest absolute Gasteiger partial charge is 0.313 e. The van der Waals surface area contributed by atoms with E-state index in [0.717, 1.165) is 0 Å². The molecule has 0 aliphatic heterocycles. The summed E-state index contributed by atoms with van der Waals surface area (Å²) in [7, 11) is 2.08. The van der Waals surface area contributed by atoms with Crippen molar-refractivity contribution in [1.29, 1.82) is 0 Å². The fourth-order valence-corrected chi connectivity index (χ4v) is 3.02. The van der Waals surface area contributed by atoms with Gasteiger partial charge in [-0.15, -0.1) is 0 Å². The maximum absolute atomic E-state index is 3.46. The van der Waals surface area contributed by atoms with E-state index in [2.05, 4.69) is 58.3 Å². The first kappa shape index (κ1) is 12.6. The Morgan fingerprint density at radius 3 is 2.71 bits per heavy atom. The van der Waals surface area contributed by atoms with Gasteiger partial charge >= 0.3 is 0 Å². The lowest BCUT2D eigenvalue weighted by molar-refractivity contribution is 0.447. The first-order valence-electron chi connectivity index (χ1n) is 6.81. The average molecular weight is 231 g/mol. The van der Waals surface area contributed by atoms with E-state index >= 15 is 0 Å². The van der Waals surface area contributed by atoms with Gasteiger partial charge < -0.3 is 5.32 Å². The Kier molecular flexibility index (Phi) is 3.31. The van der Waals surface area contributed by atoms with Crippen molar-refractivity contribution >= 4 is 0 Å². The van der Waals surface area contributed by atoms with Crippen LogP contribution in [0, 0.1) is 0 Å². The topological polar surface area (TPSA) is 12.0 Å². The van der Waals surface area contributed by atoms with Crippen LogP contribution >= 0.6 is 0 Å². The van der Waals surface area contributed by atoms with Gasteiger partial charge in [-0.3, -0.25) is 0 Å². The van der Waals surface area contributed by atoms with Gasteiger partial charge in [-0.25, -0.2) is 0 Å². The Morgan fingerprint density at radius 2 is 2.12 bits per heavy atom. The second-order valence-corrected chi connectivity index (χ2v) is 6.09. The molecule has 1 heteroatoms. The van der Waals surface area contributed by atoms with Crippen molar-refractivity contribution in [2.24, 2.45) is 0 Å². The molecular formula is C16H25N. The van der Waals surface area contributed by atoms with E-state index in [1.807, 2.05) is 0 Å². The van der Waals surface area contributed by atoms with Gasteiger partial charge in [-0.05, 0) is 47.9 Å². The molecule has 2 rings (SSSR count). The molecule has 17 heavy (non-hydrogen) atoms. The zero-order valence-corrected chi connectivity index (χ0v) is 11.8. The molecule has 0 aromatic heterocycles. The van der Waals surface area contributed by atoms with Gasteiger partial charge in [-0.1, -0.05) is 45.9 Å². The summed E-state index contributed by atoms with van der Waals surface area (Å²) in [4.78, 5) is 0. The summed E-state index contributed by atoms with van der Waals surface area (Å²) in [5, 5.41) is 3.46. The third kappa shape index (κ3) is 2.13. The van der Waals surface area contributed by atoms with Crippen molar-refractivity contribution in [3.8, 4) is 0 Å². The molecule has 0 amide bonds. The van der Waals surface area contributed by atoms with Crippen LogP contribution in [0.2, 0.25) is 0 Å². The molecule has 1 aromatic carbocycles. The van der Waals surface area contributed by atoms with Crippen molar-refractivity contribution in [1.82, 2.24) is 5.32 Å². The van der Waals surface area contributed by atoms with Gasteiger partial charge in [0.2, 0.25) is 0 Å². The summed E-state index contributed by atoms with van der Waals surface area (Å²) in [5.74, 6) is 0.668. The van der Waals surface area contributed by atoms with Crippen molar-refractivity contribution in [3.05, 3.63) is 34.9 Å². The van der Waals surface area contributed by atoms with Crippen molar-refractivity contribution in [2.45, 2.75) is 57.9 Å². The molecule has 0 heterocycles. The maximum atomic E-state index is 3.46. The predicted molar refractivity (Wildman–Crippen MR) is 74.6 cm³/mol. The van der Waals surface area contributed by atoms with E-state index in [0.29, 0.717) is 17.4 Å². The summed E-state index contributed by atoms with van der Waals surface area (Å²) in [5.41, 5.74) is 4.86. The minimum Gasteiger partial charge on any atom is -0.313 e. The average Bonchev–Trinajstić information content (AvgIpc) is 2.59. The van der Waals surface area contributed by atoms with E-state index in [1.165, 1.54) is 29.5 Å². The quantitative estimate of drug-likeness (QED) is 0.824. The van der Waals surface area contributed by atoms with Crippen LogP contribution < -0.4 is 5.32 Å². The summed E-state index contributed by atoms with van der Waals surface area (Å²) < 4.78 is 0. The normalized spacial score (nSPS) is 23.5. The van der Waals surface area contributed by atoms with Gasteiger partial charge in [0, 0.05) is 6.04 Å². The summed E-state index contributed by atoms with van der Waals surface area (Å²) in [6.07, 6.45) is 2.43. The van der Waals surface area contributed by atoms with Crippen LogP contribution in [0.4, 0.5) is 0 Å². The number of fused-ring (bicyclic) bond motifs is 1. The first-order valence-corrected chi connectivity index (χ1v) is 6.81. The number of rotatable bonds is 3. The standard InChI is InChI=1S/C16H25N/c1-6-11(2)12-7-8-14-13(9-12)15(17-5)10-16(14,3)4/h7-9,11,15,17H,6,10H2,1-5H3. The maximum Gasteiger partial charge on any atom is 0.0328 e. The summed E-state index contributed by atoms with van der Waals surface area (Å²) >= 11 is 0. The van der Waals surface area contributed by atoms with Gasteiger partial charge in [0.25, 0.3) is 0 Å². The smallest absolute Gasteiger partial charge is 0.0328 e. The second kappa shape index (κ2) is 4.45. The van der Waals surface area contributed by atoms with Crippen LogP contribution in [0.1, 0.15) is 69.2 Å². The lowest BCUT2D eigenvalue weighted by atomic mass is 9.85. The Morgan fingerprint density at radius 1 is 1.41 bits per heavy atom. The fourth-order valence-electron chi connectivity index (χ4n) is 3.02. The third-order valence-electron chi connectivity index (χ3n) is 4.42. The highest BCUT2D eigenvalue weighted by Gasteiger charge is 2.36. The highest BCUT2D eigenvalue weighted by Crippen LogP contribution is 2.45. The van der Waals surface area contributed by atoms with Crippen LogP contribution in [0.15, 0.2) is 18.2 Å². The number of nitrogens with one attached hydrogen (secondary N) is 1. The molecular weight excluding hydrogens is 206 g/mol. The molecule has 0 fully saturated rings. The van der Waals surface area contributed by atoms with Crippen LogP contribution in [-0.2, 0) is 5.41 Å². The molecule has 2 atom stereocenters. The van der Waals surface area contributed by atoms with Crippen LogP contribution in [0.5, 0.6) is 0 Å². The second-order valence-electron chi connectivity index (χ2n) is 6.09. The molecule has 1 aliphatic rings. The van der Waals surface area contributed by atoms with E-state index in [4.69, 9.17) is 0 Å². The van der Waals surface area contributed by atoms with Gasteiger partial charge in [0.05, 0.1) is 0 Å². The molecule has 1 nitrogen and oxygen atoms in total. The lowest BCUT2D eigenvalue weighted by Gasteiger charge is -2.19. The Bertz CT molecular complexity index is 406. The van der Waals surface area contributed by atoms with Crippen molar-refractivity contribution in [2.75, 3.05) is 7.05 Å². The Balaban J connectivity index is 2.44. The van der Waals surface area contributed by atoms with Crippen LogP contribution in [0.25, 0.3) is 0 Å². The lowest BCUT2D eigenvalue weighted by Crippen LogP contribution is -2.17. The zero-order valence-electron chi connectivity index (χ0n) is 11.8. The summed E-state index contributed by atoms with van der Waals surface area (Å²) in [6.45, 7) is 9.28. The summed E-state index contributed by atoms with van der Waals surface area (Å²) in [6, 6.07) is 7.64. The fraction of sp³-hybridized carbons (Fsp3) is 0.625. The van der Waals surface area contributed by atoms with E-state index in [9.17, 15) is 0 Å². The van der Waals surface area contributed by atoms with E-state index < -0.39 is 0 Å². The number of benzene rings is 1. The SMILES string of the molecule is CCC(C)c1ccc2c(c1)C(NC)CC2(C)C. The molecule has 94 valence electrons. The molecule has 1 aliphatic carbocycles. The molecule has 0 bridgehead atoms. The Hall–Kier alpha value is -0.820. The van der Waals surface area contributed by atoms with Gasteiger partial charge in [0.1, 0.15) is 0 Å². The predicted octanol–water partition coefficient (Wildman–Crippen LogP) is 4.14. The molecule has 2 unspecified atom stereocenters. The van der Waals surface area contributed by atoms with Crippen molar-refractivity contribution in [3.63, 3.8) is 0 Å². The van der Waals surface area contributed by atoms with E-state index in [-0.39, 0.29) is 0 Å². The number of hydrogen-bond donors (Lipinski definition) is 1. The molecule has 1 N–H and O–H groups in total. The van der Waals surface area contributed by atoms with Crippen molar-refractivity contribution < 1.29 is 0 Å². The highest BCUT2D eigenvalue weighted by atomic mass is 14.9. The molecule has 0 saturated heterocycles. The van der Waals surface area contributed by atoms with Gasteiger partial charge in [0.15, 0.2) is 0 Å². The van der Waals surface area contributed by atoms with Crippen LogP contribution in [-0.4, -0.2) is 7.05 Å². The Labute approximate surface area is 106 Å². The molecule has 0 saturated carbocycles. The molecule has 0 radical (unpaired) electrons. The highest BCUT2D eigenvalue weighted by molar-refractivity contribution is 5.44.